The largest absolute Gasteiger partial charge is 0.341 e. The van der Waals surface area contributed by atoms with Gasteiger partial charge in [0.05, 0.1) is 5.54 Å². The molecular weight excluding hydrogens is 200 g/mol. The average Bonchev–Trinajstić information content (AvgIpc) is 2.26. The lowest BCUT2D eigenvalue weighted by Gasteiger charge is -2.37. The van der Waals surface area contributed by atoms with Gasteiger partial charge in [0.15, 0.2) is 0 Å². The third-order valence-electron chi connectivity index (χ3n) is 4.06. The number of nitrogens with zero attached hydrogens (tertiary/aromatic N) is 1. The summed E-state index contributed by atoms with van der Waals surface area (Å²) in [7, 11) is 0. The van der Waals surface area contributed by atoms with Crippen LogP contribution in [0.5, 0.6) is 0 Å². The lowest BCUT2D eigenvalue weighted by Crippen LogP contribution is -2.55. The fraction of sp³-hybridized carbons (Fsp3) is 0.923. The number of nitrogens with two attached hydrogens (primary N) is 1. The first-order valence-corrected chi connectivity index (χ1v) is 6.65. The zero-order valence-corrected chi connectivity index (χ0v) is 11.0. The standard InChI is InChI=1S/C13H26N2O/c1-4-13(14,5-2)12(16)15(6-3)10-11-8-7-9-11/h11H,4-10,14H2,1-3H3. The van der Waals surface area contributed by atoms with Crippen LogP contribution in [0.15, 0.2) is 0 Å². The molecule has 0 spiro atoms. The summed E-state index contributed by atoms with van der Waals surface area (Å²) in [6.45, 7) is 7.74. The van der Waals surface area contributed by atoms with Crippen LogP contribution < -0.4 is 5.73 Å². The van der Waals surface area contributed by atoms with Crippen LogP contribution in [-0.4, -0.2) is 29.4 Å². The van der Waals surface area contributed by atoms with Gasteiger partial charge in [-0.15, -0.1) is 0 Å². The highest BCUT2D eigenvalue weighted by Crippen LogP contribution is 2.28. The number of carbonyl (C=O) groups is 1. The molecule has 0 heterocycles. The topological polar surface area (TPSA) is 46.3 Å². The fourth-order valence-electron chi connectivity index (χ4n) is 2.21. The predicted octanol–water partition coefficient (Wildman–Crippen LogP) is 2.15. The van der Waals surface area contributed by atoms with Gasteiger partial charge in [-0.05, 0) is 38.5 Å². The molecule has 2 N–H and O–H groups in total. The van der Waals surface area contributed by atoms with E-state index in [1.54, 1.807) is 0 Å². The van der Waals surface area contributed by atoms with E-state index in [0.717, 1.165) is 31.8 Å². The Hall–Kier alpha value is -0.570. The molecule has 1 fully saturated rings. The number of rotatable bonds is 6. The third-order valence-corrected chi connectivity index (χ3v) is 4.06. The van der Waals surface area contributed by atoms with Crippen LogP contribution in [0.1, 0.15) is 52.9 Å². The number of hydrogen-bond donors (Lipinski definition) is 1. The van der Waals surface area contributed by atoms with Crippen LogP contribution in [0.2, 0.25) is 0 Å². The second kappa shape index (κ2) is 5.67. The molecule has 1 amide bonds. The highest BCUT2D eigenvalue weighted by molar-refractivity contribution is 5.86. The lowest BCUT2D eigenvalue weighted by molar-refractivity contribution is -0.138. The summed E-state index contributed by atoms with van der Waals surface area (Å²) in [6.07, 6.45) is 5.33. The Morgan fingerprint density at radius 2 is 1.88 bits per heavy atom. The first-order chi connectivity index (χ1) is 7.57. The van der Waals surface area contributed by atoms with Crippen molar-refractivity contribution in [3.05, 3.63) is 0 Å². The van der Waals surface area contributed by atoms with Gasteiger partial charge < -0.3 is 10.6 Å². The molecule has 0 atom stereocenters. The van der Waals surface area contributed by atoms with Gasteiger partial charge in [0.2, 0.25) is 5.91 Å². The van der Waals surface area contributed by atoms with Gasteiger partial charge in [-0.1, -0.05) is 20.3 Å². The summed E-state index contributed by atoms with van der Waals surface area (Å²) in [5, 5.41) is 0. The van der Waals surface area contributed by atoms with Gasteiger partial charge in [0, 0.05) is 13.1 Å². The van der Waals surface area contributed by atoms with Crippen molar-refractivity contribution < 1.29 is 4.79 Å². The van der Waals surface area contributed by atoms with Crippen molar-refractivity contribution in [3.63, 3.8) is 0 Å². The summed E-state index contributed by atoms with van der Waals surface area (Å²) in [6, 6.07) is 0. The van der Waals surface area contributed by atoms with E-state index >= 15 is 0 Å². The van der Waals surface area contributed by atoms with E-state index in [9.17, 15) is 4.79 Å². The van der Waals surface area contributed by atoms with Crippen molar-refractivity contribution in [1.82, 2.24) is 4.90 Å². The predicted molar refractivity (Wildman–Crippen MR) is 67.1 cm³/mol. The maximum atomic E-state index is 12.3. The molecule has 0 unspecified atom stereocenters. The molecule has 16 heavy (non-hydrogen) atoms. The monoisotopic (exact) mass is 226 g/mol. The Balaban J connectivity index is 2.59. The molecule has 3 heteroatoms. The van der Waals surface area contributed by atoms with E-state index in [1.165, 1.54) is 19.3 Å². The van der Waals surface area contributed by atoms with Gasteiger partial charge in [-0.3, -0.25) is 4.79 Å². The van der Waals surface area contributed by atoms with Crippen LogP contribution in [0, 0.1) is 5.92 Å². The van der Waals surface area contributed by atoms with E-state index in [0.29, 0.717) is 0 Å². The molecular formula is C13H26N2O. The SMILES string of the molecule is CCN(CC1CCC1)C(=O)C(N)(CC)CC. The Kier molecular flexibility index (Phi) is 4.78. The molecule has 1 aliphatic carbocycles. The van der Waals surface area contributed by atoms with Crippen molar-refractivity contribution in [2.24, 2.45) is 11.7 Å². The molecule has 0 aromatic carbocycles. The third kappa shape index (κ3) is 2.76. The summed E-state index contributed by atoms with van der Waals surface area (Å²) in [5.41, 5.74) is 5.52. The van der Waals surface area contributed by atoms with Crippen LogP contribution in [0.4, 0.5) is 0 Å². The van der Waals surface area contributed by atoms with Gasteiger partial charge in [-0.25, -0.2) is 0 Å². The van der Waals surface area contributed by atoms with Gasteiger partial charge in [0.1, 0.15) is 0 Å². The van der Waals surface area contributed by atoms with Gasteiger partial charge in [0.25, 0.3) is 0 Å². The van der Waals surface area contributed by atoms with Gasteiger partial charge >= 0.3 is 0 Å². The maximum Gasteiger partial charge on any atom is 0.242 e. The van der Waals surface area contributed by atoms with E-state index < -0.39 is 5.54 Å². The molecule has 0 bridgehead atoms. The second-order valence-corrected chi connectivity index (χ2v) is 5.00. The first kappa shape index (κ1) is 13.5. The van der Waals surface area contributed by atoms with E-state index in [4.69, 9.17) is 5.73 Å². The molecule has 0 saturated heterocycles. The van der Waals surface area contributed by atoms with Gasteiger partial charge in [-0.2, -0.15) is 0 Å². The van der Waals surface area contributed by atoms with Crippen molar-refractivity contribution in [2.75, 3.05) is 13.1 Å². The number of carbonyl (C=O) groups excluding carboxylic acids is 1. The smallest absolute Gasteiger partial charge is 0.242 e. The molecule has 1 saturated carbocycles. The molecule has 1 aliphatic rings. The molecule has 1 rings (SSSR count). The molecule has 0 aromatic rings. The first-order valence-electron chi connectivity index (χ1n) is 6.65. The van der Waals surface area contributed by atoms with Crippen molar-refractivity contribution in [2.45, 2.75) is 58.4 Å². The van der Waals surface area contributed by atoms with Crippen molar-refractivity contribution in [3.8, 4) is 0 Å². The fourth-order valence-corrected chi connectivity index (χ4v) is 2.21. The summed E-state index contributed by atoms with van der Waals surface area (Å²) in [5.74, 6) is 0.869. The second-order valence-electron chi connectivity index (χ2n) is 5.00. The summed E-state index contributed by atoms with van der Waals surface area (Å²) in [4.78, 5) is 14.3. The zero-order valence-electron chi connectivity index (χ0n) is 11.0. The lowest BCUT2D eigenvalue weighted by atomic mass is 9.84. The highest BCUT2D eigenvalue weighted by atomic mass is 16.2. The van der Waals surface area contributed by atoms with Crippen molar-refractivity contribution >= 4 is 5.91 Å². The molecule has 0 aromatic heterocycles. The molecule has 0 radical (unpaired) electrons. The average molecular weight is 226 g/mol. The molecule has 94 valence electrons. The summed E-state index contributed by atoms with van der Waals surface area (Å²) >= 11 is 0. The van der Waals surface area contributed by atoms with E-state index in [2.05, 4.69) is 0 Å². The zero-order chi connectivity index (χ0) is 12.2. The van der Waals surface area contributed by atoms with Crippen LogP contribution in [0.25, 0.3) is 0 Å². The highest BCUT2D eigenvalue weighted by Gasteiger charge is 2.34. The number of likely N-dealkylation sites (N-methyl/N-ethyl adjacent to an activating group) is 1. The quantitative estimate of drug-likeness (QED) is 0.754. The number of hydrogen-bond acceptors (Lipinski definition) is 2. The van der Waals surface area contributed by atoms with E-state index in [-0.39, 0.29) is 5.91 Å². The minimum atomic E-state index is -0.639. The molecule has 3 nitrogen and oxygen atoms in total. The van der Waals surface area contributed by atoms with E-state index in [1.807, 2.05) is 25.7 Å². The summed E-state index contributed by atoms with van der Waals surface area (Å²) < 4.78 is 0. The van der Waals surface area contributed by atoms with Crippen LogP contribution in [-0.2, 0) is 4.79 Å². The number of amides is 1. The minimum absolute atomic E-state index is 0.145. The maximum absolute atomic E-state index is 12.3. The minimum Gasteiger partial charge on any atom is -0.341 e. The Bertz CT molecular complexity index is 232. The van der Waals surface area contributed by atoms with Crippen molar-refractivity contribution in [1.29, 1.82) is 0 Å². The Labute approximate surface area is 99.4 Å². The Morgan fingerprint density at radius 3 is 2.19 bits per heavy atom. The Morgan fingerprint density at radius 1 is 1.31 bits per heavy atom. The van der Waals surface area contributed by atoms with Crippen LogP contribution in [0.3, 0.4) is 0 Å². The van der Waals surface area contributed by atoms with Crippen LogP contribution >= 0.6 is 0 Å². The molecule has 0 aliphatic heterocycles. The normalized spacial score (nSPS) is 17.0.